The van der Waals surface area contributed by atoms with Crippen molar-refractivity contribution in [3.8, 4) is 5.75 Å². The van der Waals surface area contributed by atoms with Gasteiger partial charge in [0.25, 0.3) is 0 Å². The van der Waals surface area contributed by atoms with Gasteiger partial charge in [0, 0.05) is 0 Å². The van der Waals surface area contributed by atoms with Crippen LogP contribution < -0.4 is 0 Å². The smallest absolute Gasteiger partial charge is 0.163 e. The molecule has 2 heteroatoms. The summed E-state index contributed by atoms with van der Waals surface area (Å²) in [7, 11) is 0. The highest BCUT2D eigenvalue weighted by atomic mass is 16.3. The number of ketones is 1. The molecule has 0 fully saturated rings. The van der Waals surface area contributed by atoms with Crippen LogP contribution in [-0.2, 0) is 6.42 Å². The molecule has 0 aromatic heterocycles. The molecule has 2 nitrogen and oxygen atoms in total. The van der Waals surface area contributed by atoms with Crippen molar-refractivity contribution in [3.05, 3.63) is 28.8 Å². The number of benzene rings is 1. The van der Waals surface area contributed by atoms with E-state index in [4.69, 9.17) is 0 Å². The lowest BCUT2D eigenvalue weighted by atomic mass is 10.0. The van der Waals surface area contributed by atoms with E-state index >= 15 is 0 Å². The highest BCUT2D eigenvalue weighted by molar-refractivity contribution is 5.97. The summed E-state index contributed by atoms with van der Waals surface area (Å²) in [6, 6.07) is 3.42. The zero-order chi connectivity index (χ0) is 10.0. The number of phenolic OH excluding ortho intramolecular Hbond substituents is 1. The van der Waals surface area contributed by atoms with Crippen molar-refractivity contribution in [2.24, 2.45) is 0 Å². The van der Waals surface area contributed by atoms with Gasteiger partial charge in [0.1, 0.15) is 5.75 Å². The molecule has 1 rings (SSSR count). The standard InChI is InChI=1S/C11H14O2/c1-4-9-6-11(13)10(8(3)12)5-7(9)2/h5-6,13H,4H2,1-3H3. The summed E-state index contributed by atoms with van der Waals surface area (Å²) in [5, 5.41) is 9.50. The van der Waals surface area contributed by atoms with Crippen molar-refractivity contribution in [1.29, 1.82) is 0 Å². The van der Waals surface area contributed by atoms with Gasteiger partial charge in [0.15, 0.2) is 5.78 Å². The largest absolute Gasteiger partial charge is 0.507 e. The molecule has 0 unspecified atom stereocenters. The molecule has 0 bridgehead atoms. The van der Waals surface area contributed by atoms with Gasteiger partial charge in [-0.15, -0.1) is 0 Å². The van der Waals surface area contributed by atoms with Gasteiger partial charge in [-0.2, -0.15) is 0 Å². The van der Waals surface area contributed by atoms with E-state index in [2.05, 4.69) is 0 Å². The zero-order valence-corrected chi connectivity index (χ0v) is 8.22. The molecular formula is C11H14O2. The first-order chi connectivity index (χ1) is 6.06. The SMILES string of the molecule is CCc1cc(O)c(C(C)=O)cc1C. The predicted molar refractivity (Wildman–Crippen MR) is 52.2 cm³/mol. The van der Waals surface area contributed by atoms with E-state index in [1.54, 1.807) is 12.1 Å². The first-order valence-electron chi connectivity index (χ1n) is 4.39. The Morgan fingerprint density at radius 3 is 2.54 bits per heavy atom. The van der Waals surface area contributed by atoms with Gasteiger partial charge in [0.05, 0.1) is 5.56 Å². The number of aromatic hydroxyl groups is 1. The number of hydrogen-bond acceptors (Lipinski definition) is 2. The van der Waals surface area contributed by atoms with Crippen molar-refractivity contribution in [2.45, 2.75) is 27.2 Å². The van der Waals surface area contributed by atoms with Crippen molar-refractivity contribution < 1.29 is 9.90 Å². The summed E-state index contributed by atoms with van der Waals surface area (Å²) in [4.78, 5) is 11.1. The van der Waals surface area contributed by atoms with Crippen LogP contribution >= 0.6 is 0 Å². The summed E-state index contributed by atoms with van der Waals surface area (Å²) >= 11 is 0. The normalized spacial score (nSPS) is 10.1. The Kier molecular flexibility index (Phi) is 2.71. The van der Waals surface area contributed by atoms with Gasteiger partial charge in [0.2, 0.25) is 0 Å². The van der Waals surface area contributed by atoms with Crippen LogP contribution in [0.15, 0.2) is 12.1 Å². The second kappa shape index (κ2) is 3.60. The maximum absolute atomic E-state index is 11.1. The van der Waals surface area contributed by atoms with E-state index in [1.165, 1.54) is 6.92 Å². The third kappa shape index (κ3) is 1.89. The van der Waals surface area contributed by atoms with Gasteiger partial charge in [-0.1, -0.05) is 6.92 Å². The van der Waals surface area contributed by atoms with E-state index < -0.39 is 0 Å². The maximum Gasteiger partial charge on any atom is 0.163 e. The molecule has 0 aliphatic heterocycles. The van der Waals surface area contributed by atoms with E-state index in [0.717, 1.165) is 17.5 Å². The van der Waals surface area contributed by atoms with Crippen LogP contribution in [0.2, 0.25) is 0 Å². The summed E-state index contributed by atoms with van der Waals surface area (Å²) in [6.07, 6.45) is 0.873. The lowest BCUT2D eigenvalue weighted by molar-refractivity contribution is 0.101. The first kappa shape index (κ1) is 9.78. The first-order valence-corrected chi connectivity index (χ1v) is 4.39. The molecule has 0 aliphatic carbocycles. The Hall–Kier alpha value is -1.31. The molecular weight excluding hydrogens is 164 g/mol. The molecule has 1 aromatic rings. The topological polar surface area (TPSA) is 37.3 Å². The van der Waals surface area contributed by atoms with Crippen molar-refractivity contribution >= 4 is 5.78 Å². The quantitative estimate of drug-likeness (QED) is 0.706. The Labute approximate surface area is 78.2 Å². The molecule has 0 atom stereocenters. The van der Waals surface area contributed by atoms with Crippen LogP contribution in [0.25, 0.3) is 0 Å². The third-order valence-electron chi connectivity index (χ3n) is 2.21. The van der Waals surface area contributed by atoms with Gasteiger partial charge in [-0.25, -0.2) is 0 Å². The average Bonchev–Trinajstić information content (AvgIpc) is 2.07. The van der Waals surface area contributed by atoms with Crippen LogP contribution in [0.3, 0.4) is 0 Å². The lowest BCUT2D eigenvalue weighted by Gasteiger charge is -2.07. The van der Waals surface area contributed by atoms with Crippen LogP contribution in [0.5, 0.6) is 5.75 Å². The molecule has 0 radical (unpaired) electrons. The van der Waals surface area contributed by atoms with Crippen LogP contribution in [-0.4, -0.2) is 10.9 Å². The minimum atomic E-state index is -0.0942. The molecule has 1 N–H and O–H groups in total. The Balaban J connectivity index is 3.28. The van der Waals surface area contributed by atoms with Gasteiger partial charge in [-0.05, 0) is 43.5 Å². The van der Waals surface area contributed by atoms with Crippen LogP contribution in [0.1, 0.15) is 35.3 Å². The number of phenols is 1. The van der Waals surface area contributed by atoms with E-state index in [9.17, 15) is 9.90 Å². The number of carbonyl (C=O) groups is 1. The highest BCUT2D eigenvalue weighted by Crippen LogP contribution is 2.22. The highest BCUT2D eigenvalue weighted by Gasteiger charge is 2.08. The molecule has 0 saturated carbocycles. The molecule has 13 heavy (non-hydrogen) atoms. The third-order valence-corrected chi connectivity index (χ3v) is 2.21. The fourth-order valence-corrected chi connectivity index (χ4v) is 1.40. The number of hydrogen-bond donors (Lipinski definition) is 1. The molecule has 0 saturated heterocycles. The molecule has 0 amide bonds. The summed E-state index contributed by atoms with van der Waals surface area (Å²) in [5.74, 6) is -0.00166. The summed E-state index contributed by atoms with van der Waals surface area (Å²) in [6.45, 7) is 5.43. The van der Waals surface area contributed by atoms with E-state index in [-0.39, 0.29) is 11.5 Å². The molecule has 0 aliphatic rings. The van der Waals surface area contributed by atoms with Gasteiger partial charge in [-0.3, -0.25) is 4.79 Å². The lowest BCUT2D eigenvalue weighted by Crippen LogP contribution is -1.96. The minimum Gasteiger partial charge on any atom is -0.507 e. The van der Waals surface area contributed by atoms with Crippen LogP contribution in [0.4, 0.5) is 0 Å². The second-order valence-corrected chi connectivity index (χ2v) is 3.21. The second-order valence-electron chi connectivity index (χ2n) is 3.21. The molecule has 1 aromatic carbocycles. The molecule has 0 heterocycles. The number of Topliss-reactive ketones (excluding diaryl/α,β-unsaturated/α-hetero) is 1. The zero-order valence-electron chi connectivity index (χ0n) is 8.22. The summed E-state index contributed by atoms with van der Waals surface area (Å²) in [5.41, 5.74) is 2.56. The minimum absolute atomic E-state index is 0.0925. The number of rotatable bonds is 2. The van der Waals surface area contributed by atoms with E-state index in [0.29, 0.717) is 5.56 Å². The van der Waals surface area contributed by atoms with Crippen LogP contribution in [0, 0.1) is 6.92 Å². The Morgan fingerprint density at radius 2 is 2.08 bits per heavy atom. The number of carbonyl (C=O) groups excluding carboxylic acids is 1. The maximum atomic E-state index is 11.1. The molecule has 0 spiro atoms. The van der Waals surface area contributed by atoms with Crippen molar-refractivity contribution in [3.63, 3.8) is 0 Å². The molecule has 70 valence electrons. The monoisotopic (exact) mass is 178 g/mol. The van der Waals surface area contributed by atoms with Crippen molar-refractivity contribution in [1.82, 2.24) is 0 Å². The predicted octanol–water partition coefficient (Wildman–Crippen LogP) is 2.47. The van der Waals surface area contributed by atoms with Crippen molar-refractivity contribution in [2.75, 3.05) is 0 Å². The van der Waals surface area contributed by atoms with Gasteiger partial charge < -0.3 is 5.11 Å². The fraction of sp³-hybridized carbons (Fsp3) is 0.364. The Bertz CT molecular complexity index is 340. The fourth-order valence-electron chi connectivity index (χ4n) is 1.40. The number of aryl methyl sites for hydroxylation is 2. The summed E-state index contributed by atoms with van der Waals surface area (Å²) < 4.78 is 0. The Morgan fingerprint density at radius 1 is 1.46 bits per heavy atom. The van der Waals surface area contributed by atoms with Gasteiger partial charge >= 0.3 is 0 Å². The average molecular weight is 178 g/mol. The van der Waals surface area contributed by atoms with E-state index in [1.807, 2.05) is 13.8 Å².